The molecule has 2 aromatic carbocycles. The van der Waals surface area contributed by atoms with Crippen LogP contribution < -0.4 is 5.32 Å². The molecule has 0 saturated heterocycles. The Morgan fingerprint density at radius 2 is 1.93 bits per heavy atom. The number of carbonyl (C=O) groups excluding carboxylic acids is 1. The van der Waals surface area contributed by atoms with Gasteiger partial charge in [0.2, 0.25) is 0 Å². The maximum Gasteiger partial charge on any atom is 0.315 e. The average Bonchev–Trinajstić information content (AvgIpc) is 2.74. The molecule has 0 amide bonds. The van der Waals surface area contributed by atoms with Crippen LogP contribution in [-0.2, 0) is 15.3 Å². The van der Waals surface area contributed by atoms with Crippen molar-refractivity contribution < 1.29 is 14.6 Å². The molecule has 2 N–H and O–H groups in total. The standard InChI is InChI=1S/C22H21ClN2O3S/c1-3-28-21(26)19-18(14-9-11-16(23)12-10-14)17(13-24)20(29-2)25-22(19,27)15-7-5-4-6-8-15/h4-12,18-19,25,27H,3H2,1-2H3/t18-,19+,22+/m1/s1. The lowest BCUT2D eigenvalue weighted by Crippen LogP contribution is -2.56. The number of nitriles is 1. The molecule has 7 heteroatoms. The predicted octanol–water partition coefficient (Wildman–Crippen LogP) is 4.15. The minimum absolute atomic E-state index is 0.161. The lowest BCUT2D eigenvalue weighted by atomic mass is 9.71. The van der Waals surface area contributed by atoms with Gasteiger partial charge in [-0.25, -0.2) is 0 Å². The van der Waals surface area contributed by atoms with Crippen molar-refractivity contribution in [2.75, 3.05) is 12.9 Å². The normalized spacial score (nSPS) is 23.8. The Morgan fingerprint density at radius 3 is 2.48 bits per heavy atom. The topological polar surface area (TPSA) is 82.4 Å². The van der Waals surface area contributed by atoms with Crippen LogP contribution in [0.25, 0.3) is 0 Å². The fraction of sp³-hybridized carbons (Fsp3) is 0.273. The molecule has 3 rings (SSSR count). The van der Waals surface area contributed by atoms with Crippen LogP contribution in [-0.4, -0.2) is 23.9 Å². The molecule has 0 aliphatic carbocycles. The summed E-state index contributed by atoms with van der Waals surface area (Å²) in [5.41, 5.74) is -0.165. The number of esters is 1. The van der Waals surface area contributed by atoms with Gasteiger partial charge in [-0.3, -0.25) is 4.79 Å². The molecular weight excluding hydrogens is 408 g/mol. The van der Waals surface area contributed by atoms with Crippen molar-refractivity contribution in [1.29, 1.82) is 5.26 Å². The largest absolute Gasteiger partial charge is 0.466 e. The molecule has 0 unspecified atom stereocenters. The minimum Gasteiger partial charge on any atom is -0.466 e. The van der Waals surface area contributed by atoms with Crippen LogP contribution in [0, 0.1) is 17.2 Å². The highest BCUT2D eigenvalue weighted by Gasteiger charge is 2.54. The van der Waals surface area contributed by atoms with Gasteiger partial charge in [-0.1, -0.05) is 54.1 Å². The average molecular weight is 429 g/mol. The Morgan fingerprint density at radius 1 is 1.28 bits per heavy atom. The van der Waals surface area contributed by atoms with Crippen LogP contribution in [0.3, 0.4) is 0 Å². The van der Waals surface area contributed by atoms with E-state index in [1.807, 2.05) is 12.3 Å². The molecule has 0 bridgehead atoms. The highest BCUT2D eigenvalue weighted by Crippen LogP contribution is 2.48. The number of ether oxygens (including phenoxy) is 1. The second-order valence-corrected chi connectivity index (χ2v) is 7.83. The number of hydrogen-bond acceptors (Lipinski definition) is 6. The number of hydrogen-bond donors (Lipinski definition) is 2. The molecule has 1 aliphatic rings. The van der Waals surface area contributed by atoms with E-state index in [4.69, 9.17) is 16.3 Å². The lowest BCUT2D eigenvalue weighted by molar-refractivity contribution is -0.164. The quantitative estimate of drug-likeness (QED) is 0.696. The number of benzene rings is 2. The Bertz CT molecular complexity index is 956. The van der Waals surface area contributed by atoms with Gasteiger partial charge in [-0.05, 0) is 30.9 Å². The monoisotopic (exact) mass is 428 g/mol. The zero-order valence-electron chi connectivity index (χ0n) is 16.1. The Hall–Kier alpha value is -2.46. The summed E-state index contributed by atoms with van der Waals surface area (Å²) < 4.78 is 5.33. The zero-order chi connectivity index (χ0) is 21.0. The van der Waals surface area contributed by atoms with Crippen LogP contribution in [0.2, 0.25) is 5.02 Å². The van der Waals surface area contributed by atoms with Gasteiger partial charge >= 0.3 is 5.97 Å². The van der Waals surface area contributed by atoms with Crippen LogP contribution in [0.1, 0.15) is 24.0 Å². The SMILES string of the molecule is CCOC(=O)[C@@H]1[C@H](c2ccc(Cl)cc2)C(C#N)=C(SC)N[C@]1(O)c1ccccc1. The number of aliphatic hydroxyl groups is 1. The van der Waals surface area contributed by atoms with Crippen LogP contribution in [0.15, 0.2) is 65.2 Å². The van der Waals surface area contributed by atoms with E-state index in [0.717, 1.165) is 0 Å². The fourth-order valence-corrected chi connectivity index (χ4v) is 4.44. The summed E-state index contributed by atoms with van der Waals surface area (Å²) in [6, 6.07) is 18.1. The van der Waals surface area contributed by atoms with Crippen molar-refractivity contribution >= 4 is 29.3 Å². The zero-order valence-corrected chi connectivity index (χ0v) is 17.6. The van der Waals surface area contributed by atoms with E-state index in [2.05, 4.69) is 11.4 Å². The summed E-state index contributed by atoms with van der Waals surface area (Å²) >= 11 is 7.35. The van der Waals surface area contributed by atoms with Gasteiger partial charge in [0, 0.05) is 16.5 Å². The first kappa shape index (κ1) is 21.3. The van der Waals surface area contributed by atoms with Crippen molar-refractivity contribution in [1.82, 2.24) is 5.32 Å². The summed E-state index contributed by atoms with van der Waals surface area (Å²) in [5.74, 6) is -2.36. The Balaban J connectivity index is 2.28. The molecule has 0 aromatic heterocycles. The van der Waals surface area contributed by atoms with Crippen molar-refractivity contribution in [3.05, 3.63) is 81.3 Å². The predicted molar refractivity (Wildman–Crippen MR) is 114 cm³/mol. The number of nitrogens with zero attached hydrogens (tertiary/aromatic N) is 1. The third kappa shape index (κ3) is 3.99. The highest BCUT2D eigenvalue weighted by molar-refractivity contribution is 8.02. The van der Waals surface area contributed by atoms with Gasteiger partial charge in [0.05, 0.1) is 23.3 Å². The van der Waals surface area contributed by atoms with Crippen molar-refractivity contribution in [3.8, 4) is 6.07 Å². The number of allylic oxidation sites excluding steroid dienone is 1. The fourth-order valence-electron chi connectivity index (χ4n) is 3.66. The highest BCUT2D eigenvalue weighted by atomic mass is 35.5. The summed E-state index contributed by atoms with van der Waals surface area (Å²) in [6.07, 6.45) is 1.81. The number of nitrogens with one attached hydrogen (secondary N) is 1. The van der Waals surface area contributed by atoms with Crippen molar-refractivity contribution in [2.45, 2.75) is 18.6 Å². The number of halogens is 1. The molecule has 5 nitrogen and oxygen atoms in total. The number of rotatable bonds is 5. The van der Waals surface area contributed by atoms with Crippen LogP contribution in [0.4, 0.5) is 0 Å². The smallest absolute Gasteiger partial charge is 0.315 e. The Labute approximate surface area is 179 Å². The van der Waals surface area contributed by atoms with Gasteiger partial charge in [0.25, 0.3) is 0 Å². The molecule has 150 valence electrons. The summed E-state index contributed by atoms with van der Waals surface area (Å²) in [7, 11) is 0. The van der Waals surface area contributed by atoms with Gasteiger partial charge in [-0.15, -0.1) is 11.8 Å². The molecule has 29 heavy (non-hydrogen) atoms. The summed E-state index contributed by atoms with van der Waals surface area (Å²) in [6.45, 7) is 1.87. The second-order valence-electron chi connectivity index (χ2n) is 6.58. The van der Waals surface area contributed by atoms with E-state index >= 15 is 0 Å². The maximum atomic E-state index is 13.1. The molecule has 0 spiro atoms. The van der Waals surface area contributed by atoms with E-state index < -0.39 is 23.5 Å². The number of carbonyl (C=O) groups is 1. The number of thioether (sulfide) groups is 1. The van der Waals surface area contributed by atoms with E-state index in [9.17, 15) is 15.2 Å². The van der Waals surface area contributed by atoms with Gasteiger partial charge < -0.3 is 15.2 Å². The summed E-state index contributed by atoms with van der Waals surface area (Å²) in [4.78, 5) is 13.1. The van der Waals surface area contributed by atoms with E-state index in [1.165, 1.54) is 11.8 Å². The third-order valence-electron chi connectivity index (χ3n) is 4.95. The van der Waals surface area contributed by atoms with E-state index in [-0.39, 0.29) is 6.61 Å². The van der Waals surface area contributed by atoms with Gasteiger partial charge in [-0.2, -0.15) is 5.26 Å². The third-order valence-corrected chi connectivity index (χ3v) is 5.93. The van der Waals surface area contributed by atoms with Crippen molar-refractivity contribution in [2.24, 2.45) is 5.92 Å². The summed E-state index contributed by atoms with van der Waals surface area (Å²) in [5, 5.41) is 25.8. The molecule has 0 radical (unpaired) electrons. The maximum absolute atomic E-state index is 13.1. The first-order valence-corrected chi connectivity index (χ1v) is 10.7. The molecule has 0 fully saturated rings. The molecule has 2 aromatic rings. The molecule has 3 atom stereocenters. The molecular formula is C22H21ClN2O3S. The van der Waals surface area contributed by atoms with Gasteiger partial charge in [0.1, 0.15) is 5.92 Å². The van der Waals surface area contributed by atoms with Crippen LogP contribution >= 0.6 is 23.4 Å². The Kier molecular flexibility index (Phi) is 6.53. The van der Waals surface area contributed by atoms with E-state index in [1.54, 1.807) is 55.5 Å². The first-order chi connectivity index (χ1) is 14.0. The first-order valence-electron chi connectivity index (χ1n) is 9.12. The lowest BCUT2D eigenvalue weighted by Gasteiger charge is -2.45. The van der Waals surface area contributed by atoms with E-state index in [0.29, 0.717) is 26.8 Å². The molecule has 1 aliphatic heterocycles. The molecule has 1 heterocycles. The van der Waals surface area contributed by atoms with Crippen LogP contribution in [0.5, 0.6) is 0 Å². The van der Waals surface area contributed by atoms with Gasteiger partial charge in [0.15, 0.2) is 5.72 Å². The molecule has 0 saturated carbocycles. The second kappa shape index (κ2) is 8.91. The minimum atomic E-state index is -1.75. The van der Waals surface area contributed by atoms with Crippen molar-refractivity contribution in [3.63, 3.8) is 0 Å².